The molecule has 28 nitrogen and oxygen atoms in total. The molecule has 0 aliphatic rings. The van der Waals surface area contributed by atoms with Crippen LogP contribution in [0.5, 0.6) is 0 Å². The molecule has 0 fully saturated rings. The van der Waals surface area contributed by atoms with Gasteiger partial charge in [-0.05, 0) is 96.3 Å². The van der Waals surface area contributed by atoms with E-state index in [0.29, 0.717) is 186 Å². The second kappa shape index (κ2) is 68.7. The zero-order valence-electron chi connectivity index (χ0n) is 62.3. The monoisotopic (exact) mass is 1490 g/mol. The molecule has 0 saturated heterocycles. The molecule has 0 amide bonds. The van der Waals surface area contributed by atoms with Crippen molar-refractivity contribution in [2.75, 3.05) is 46.2 Å². The van der Waals surface area contributed by atoms with E-state index in [1.807, 2.05) is 6.92 Å². The van der Waals surface area contributed by atoms with Gasteiger partial charge in [-0.25, -0.2) is 0 Å². The number of hydrogen-bond donors (Lipinski definition) is 4. The van der Waals surface area contributed by atoms with Crippen LogP contribution < -0.4 is 0 Å². The Morgan fingerprint density at radius 1 is 0.192 bits per heavy atom. The van der Waals surface area contributed by atoms with Gasteiger partial charge >= 0.3 is 83.6 Å². The fourth-order valence-electron chi connectivity index (χ4n) is 10.5. The number of carbonyl (C=O) groups is 14. The summed E-state index contributed by atoms with van der Waals surface area (Å²) in [5, 5.41) is 35.3. The van der Waals surface area contributed by atoms with E-state index in [2.05, 4.69) is 0 Å². The van der Waals surface area contributed by atoms with E-state index >= 15 is 0 Å². The number of ether oxygens (including phenoxy) is 10. The van der Waals surface area contributed by atoms with Gasteiger partial charge in [0.15, 0.2) is 18.3 Å². The molecule has 0 rings (SSSR count). The van der Waals surface area contributed by atoms with Crippen molar-refractivity contribution < 1.29 is 135 Å². The van der Waals surface area contributed by atoms with Crippen molar-refractivity contribution in [3.63, 3.8) is 0 Å². The van der Waals surface area contributed by atoms with Crippen LogP contribution in [0.4, 0.5) is 0 Å². The molecular weight excluding hydrogens is 1360 g/mol. The summed E-state index contributed by atoms with van der Waals surface area (Å²) in [6, 6.07) is 0. The lowest BCUT2D eigenvalue weighted by Gasteiger charge is -2.18. The molecule has 28 heteroatoms. The molecule has 0 aromatic heterocycles. The molecule has 4 N–H and O–H groups in total. The number of carboxylic acids is 4. The van der Waals surface area contributed by atoms with Crippen LogP contribution in [0, 0.1) is 0 Å². The standard InChI is InChI=1S/C76H126O28/c1-2-3-53-95-67(85)43-29-17-10-24-38-52-76(94)104-62(58-100-72(90)48-34-20-8-18-32-46-70(88)98-56-60(102-74(92)50-36-22-6-13-27-41-65(81)82)54-96-68(86)44-30-15-4-11-25-39-63(77)78)59-101-73(91)49-35-21-9-19-33-47-71(89)99-57-61(103-75(93)51-37-23-7-14-28-42-66(83)84)55-97-69(87)45-31-16-5-12-26-40-64(79)80/h60-62H,2-59H2,1H3,(H,77,78)(H,79,80)(H,81,82)(H,83,84). The summed E-state index contributed by atoms with van der Waals surface area (Å²) in [6.07, 6.45) is 22.1. The maximum Gasteiger partial charge on any atom is 0.306 e. The molecule has 2 atom stereocenters. The number of carbonyl (C=O) groups excluding carboxylic acids is 10. The maximum atomic E-state index is 13.0. The number of hydrogen-bond acceptors (Lipinski definition) is 24. The van der Waals surface area contributed by atoms with Crippen molar-refractivity contribution in [2.24, 2.45) is 0 Å². The van der Waals surface area contributed by atoms with Crippen LogP contribution in [0.3, 0.4) is 0 Å². The molecular formula is C76H126O28. The fraction of sp³-hybridized carbons (Fsp3) is 0.816. The highest BCUT2D eigenvalue weighted by molar-refractivity contribution is 5.74. The first-order valence-electron chi connectivity index (χ1n) is 38.6. The molecule has 2 unspecified atom stereocenters. The third kappa shape index (κ3) is 69.0. The quantitative estimate of drug-likeness (QED) is 0.0250. The number of aliphatic carboxylic acids is 4. The molecule has 0 radical (unpaired) electrons. The molecule has 0 aliphatic carbocycles. The first-order chi connectivity index (χ1) is 50.1. The van der Waals surface area contributed by atoms with E-state index in [-0.39, 0.29) is 129 Å². The summed E-state index contributed by atoms with van der Waals surface area (Å²) < 4.78 is 54.4. The number of rotatable bonds is 74. The highest BCUT2D eigenvalue weighted by Crippen LogP contribution is 2.18. The second-order valence-corrected chi connectivity index (χ2v) is 26.5. The zero-order valence-corrected chi connectivity index (χ0v) is 62.3. The molecule has 0 aromatic rings. The van der Waals surface area contributed by atoms with Crippen molar-refractivity contribution in [3.8, 4) is 0 Å². The lowest BCUT2D eigenvalue weighted by Crippen LogP contribution is -2.31. The Bertz CT molecular complexity index is 2260. The van der Waals surface area contributed by atoms with Crippen LogP contribution >= 0.6 is 0 Å². The van der Waals surface area contributed by atoms with Crippen molar-refractivity contribution in [1.82, 2.24) is 0 Å². The lowest BCUT2D eigenvalue weighted by molar-refractivity contribution is -0.167. The number of carboxylic acid groups (broad SMARTS) is 4. The van der Waals surface area contributed by atoms with E-state index in [4.69, 9.17) is 67.8 Å². The molecule has 0 aromatic carbocycles. The van der Waals surface area contributed by atoms with Gasteiger partial charge in [0.05, 0.1) is 6.61 Å². The molecule has 0 saturated carbocycles. The maximum absolute atomic E-state index is 13.0. The molecule has 598 valence electrons. The minimum atomic E-state index is -1.07. The average molecular weight is 1490 g/mol. The summed E-state index contributed by atoms with van der Waals surface area (Å²) in [7, 11) is 0. The van der Waals surface area contributed by atoms with Gasteiger partial charge in [0.25, 0.3) is 0 Å². The minimum absolute atomic E-state index is 0.0499. The Morgan fingerprint density at radius 3 is 0.500 bits per heavy atom. The summed E-state index contributed by atoms with van der Waals surface area (Å²) in [4.78, 5) is 170. The Kier molecular flexibility index (Phi) is 63.8. The third-order valence-corrected chi connectivity index (χ3v) is 16.6. The molecule has 0 heterocycles. The summed E-state index contributed by atoms with van der Waals surface area (Å²) in [6.45, 7) is 0.429. The predicted molar refractivity (Wildman–Crippen MR) is 378 cm³/mol. The highest BCUT2D eigenvalue weighted by atomic mass is 16.6. The number of unbranched alkanes of at least 4 members (excludes halogenated alkanes) is 29. The van der Waals surface area contributed by atoms with Gasteiger partial charge in [0.1, 0.15) is 39.6 Å². The Morgan fingerprint density at radius 2 is 0.337 bits per heavy atom. The van der Waals surface area contributed by atoms with Crippen LogP contribution in [0.1, 0.15) is 334 Å². The van der Waals surface area contributed by atoms with Gasteiger partial charge in [-0.2, -0.15) is 0 Å². The summed E-state index contributed by atoms with van der Waals surface area (Å²) >= 11 is 0. The Hall–Kier alpha value is -7.42. The van der Waals surface area contributed by atoms with E-state index in [1.54, 1.807) is 0 Å². The summed E-state index contributed by atoms with van der Waals surface area (Å²) in [5.41, 5.74) is 0. The molecule has 0 aliphatic heterocycles. The van der Waals surface area contributed by atoms with Gasteiger partial charge in [-0.15, -0.1) is 0 Å². The molecule has 104 heavy (non-hydrogen) atoms. The van der Waals surface area contributed by atoms with Crippen molar-refractivity contribution in [2.45, 2.75) is 353 Å². The minimum Gasteiger partial charge on any atom is -0.481 e. The largest absolute Gasteiger partial charge is 0.481 e. The smallest absolute Gasteiger partial charge is 0.306 e. The van der Waals surface area contributed by atoms with Gasteiger partial charge in [0.2, 0.25) is 0 Å². The SMILES string of the molecule is CCCCOC(=O)CCCCCCCC(=O)OC(COC(=O)CCCCCCCC(=O)OCC(COC(=O)CCCCCCCC(=O)O)OC(=O)CCCCCCCC(=O)O)COC(=O)CCCCCCCC(=O)OCC(COC(=O)CCCCCCCC(=O)O)OC(=O)CCCCCCCC(=O)O. The van der Waals surface area contributed by atoms with Crippen molar-refractivity contribution >= 4 is 83.6 Å². The van der Waals surface area contributed by atoms with Gasteiger partial charge < -0.3 is 67.8 Å². The zero-order chi connectivity index (χ0) is 76.9. The van der Waals surface area contributed by atoms with Crippen LogP contribution in [-0.4, -0.2) is 169 Å². The second-order valence-electron chi connectivity index (χ2n) is 26.5. The number of esters is 10. The van der Waals surface area contributed by atoms with Gasteiger partial charge in [0, 0.05) is 89.9 Å². The lowest BCUT2D eigenvalue weighted by atomic mass is 10.1. The Labute approximate surface area is 615 Å². The molecule has 0 bridgehead atoms. The predicted octanol–water partition coefficient (Wildman–Crippen LogP) is 13.8. The van der Waals surface area contributed by atoms with Crippen LogP contribution in [-0.2, 0) is 114 Å². The first-order valence-corrected chi connectivity index (χ1v) is 38.6. The van der Waals surface area contributed by atoms with E-state index in [0.717, 1.165) is 64.2 Å². The van der Waals surface area contributed by atoms with E-state index < -0.39 is 95.9 Å². The Balaban J connectivity index is 5.18. The highest BCUT2D eigenvalue weighted by Gasteiger charge is 2.24. The fourth-order valence-corrected chi connectivity index (χ4v) is 10.5. The van der Waals surface area contributed by atoms with Crippen LogP contribution in [0.15, 0.2) is 0 Å². The normalized spacial score (nSPS) is 11.8. The van der Waals surface area contributed by atoms with Gasteiger partial charge in [-0.3, -0.25) is 67.1 Å². The topological polar surface area (TPSA) is 412 Å². The molecule has 0 spiro atoms. The van der Waals surface area contributed by atoms with E-state index in [9.17, 15) is 67.1 Å². The summed E-state index contributed by atoms with van der Waals surface area (Å²) in [5.74, 6) is -8.54. The van der Waals surface area contributed by atoms with Crippen molar-refractivity contribution in [3.05, 3.63) is 0 Å². The van der Waals surface area contributed by atoms with Gasteiger partial charge in [-0.1, -0.05) is 148 Å². The van der Waals surface area contributed by atoms with Crippen molar-refractivity contribution in [1.29, 1.82) is 0 Å². The van der Waals surface area contributed by atoms with E-state index in [1.165, 1.54) is 0 Å². The average Bonchev–Trinajstić information content (AvgIpc) is 1.54. The third-order valence-electron chi connectivity index (χ3n) is 16.6. The van der Waals surface area contributed by atoms with Crippen LogP contribution in [0.2, 0.25) is 0 Å². The first kappa shape index (κ1) is 96.6. The van der Waals surface area contributed by atoms with Crippen LogP contribution in [0.25, 0.3) is 0 Å².